The van der Waals surface area contributed by atoms with E-state index < -0.39 is 0 Å². The first kappa shape index (κ1) is 22.5. The first-order valence-corrected chi connectivity index (χ1v) is 10.5. The van der Waals surface area contributed by atoms with E-state index in [2.05, 4.69) is 66.5 Å². The summed E-state index contributed by atoms with van der Waals surface area (Å²) in [6.45, 7) is 10.5. The summed E-state index contributed by atoms with van der Waals surface area (Å²) in [5.41, 5.74) is 2.32. The highest BCUT2D eigenvalue weighted by Gasteiger charge is 2.17. The van der Waals surface area contributed by atoms with Gasteiger partial charge in [-0.15, -0.1) is 0 Å². The van der Waals surface area contributed by atoms with Gasteiger partial charge in [0.05, 0.1) is 6.10 Å². The highest BCUT2D eigenvalue weighted by atomic mass is 16.5. The molecule has 1 aromatic carbocycles. The van der Waals surface area contributed by atoms with E-state index in [-0.39, 0.29) is 6.10 Å². The summed E-state index contributed by atoms with van der Waals surface area (Å²) >= 11 is 0. The maximum absolute atomic E-state index is 6.09. The summed E-state index contributed by atoms with van der Waals surface area (Å²) < 4.78 is 11.8. The van der Waals surface area contributed by atoms with Gasteiger partial charge in [0.2, 0.25) is 0 Å². The average molecular weight is 391 g/mol. The van der Waals surface area contributed by atoms with Crippen molar-refractivity contribution in [3.63, 3.8) is 0 Å². The van der Waals surface area contributed by atoms with Gasteiger partial charge in [-0.05, 0) is 51.8 Å². The molecule has 2 unspecified atom stereocenters. The van der Waals surface area contributed by atoms with Gasteiger partial charge in [-0.1, -0.05) is 19.1 Å². The van der Waals surface area contributed by atoms with Gasteiger partial charge in [0.15, 0.2) is 5.96 Å². The van der Waals surface area contributed by atoms with Crippen LogP contribution in [0, 0.1) is 6.92 Å². The van der Waals surface area contributed by atoms with Crippen molar-refractivity contribution in [2.24, 2.45) is 4.99 Å². The van der Waals surface area contributed by atoms with Crippen LogP contribution in [0.4, 0.5) is 0 Å². The molecular formula is C22H38N4O2. The van der Waals surface area contributed by atoms with Crippen LogP contribution in [0.15, 0.2) is 23.2 Å². The molecule has 6 nitrogen and oxygen atoms in total. The standard InChI is InChI=1S/C22H38N4O2/c1-6-18(3)26(5)12-11-24-22(23-4)25-15-19-10-9-17(2)14-21(19)28-16-20-8-7-13-27-20/h9-10,14,18,20H,6-8,11-13,15-16H2,1-5H3,(H2,23,24,25). The molecule has 28 heavy (non-hydrogen) atoms. The summed E-state index contributed by atoms with van der Waals surface area (Å²) in [6, 6.07) is 6.93. The number of nitrogens with zero attached hydrogens (tertiary/aromatic N) is 2. The molecule has 158 valence electrons. The van der Waals surface area contributed by atoms with Crippen molar-refractivity contribution < 1.29 is 9.47 Å². The number of hydrogen-bond donors (Lipinski definition) is 2. The minimum absolute atomic E-state index is 0.221. The number of rotatable bonds is 10. The molecule has 0 spiro atoms. The summed E-state index contributed by atoms with van der Waals surface area (Å²) in [5, 5.41) is 6.79. The Morgan fingerprint density at radius 1 is 1.39 bits per heavy atom. The molecule has 6 heteroatoms. The van der Waals surface area contributed by atoms with Crippen molar-refractivity contribution in [3.8, 4) is 5.75 Å². The maximum Gasteiger partial charge on any atom is 0.191 e. The monoisotopic (exact) mass is 390 g/mol. The molecule has 1 aliphatic rings. The number of benzene rings is 1. The van der Waals surface area contributed by atoms with Crippen molar-refractivity contribution in [2.45, 2.75) is 58.7 Å². The number of aliphatic imine (C=N–C) groups is 1. The number of likely N-dealkylation sites (N-methyl/N-ethyl adjacent to an activating group) is 1. The van der Waals surface area contributed by atoms with Crippen LogP contribution >= 0.6 is 0 Å². The zero-order valence-corrected chi connectivity index (χ0v) is 18.3. The molecule has 2 atom stereocenters. The zero-order chi connectivity index (χ0) is 20.4. The topological polar surface area (TPSA) is 58.1 Å². The quantitative estimate of drug-likeness (QED) is 0.475. The number of aryl methyl sites for hydroxylation is 1. The van der Waals surface area contributed by atoms with Crippen molar-refractivity contribution in [1.29, 1.82) is 0 Å². The average Bonchev–Trinajstić information content (AvgIpc) is 3.22. The number of hydrogen-bond acceptors (Lipinski definition) is 4. The van der Waals surface area contributed by atoms with E-state index in [0.717, 1.165) is 56.2 Å². The lowest BCUT2D eigenvalue weighted by Crippen LogP contribution is -2.42. The SMILES string of the molecule is CCC(C)N(C)CCNC(=NC)NCc1ccc(C)cc1OCC1CCCO1. The highest BCUT2D eigenvalue weighted by molar-refractivity contribution is 5.79. The molecule has 1 heterocycles. The molecule has 1 saturated heterocycles. The van der Waals surface area contributed by atoms with E-state index in [1.54, 1.807) is 7.05 Å². The van der Waals surface area contributed by atoms with Gasteiger partial charge >= 0.3 is 0 Å². The molecule has 0 saturated carbocycles. The minimum atomic E-state index is 0.221. The molecule has 0 amide bonds. The Bertz CT molecular complexity index is 615. The molecule has 1 aliphatic heterocycles. The summed E-state index contributed by atoms with van der Waals surface area (Å²) in [7, 11) is 3.97. The van der Waals surface area contributed by atoms with E-state index >= 15 is 0 Å². The van der Waals surface area contributed by atoms with Crippen LogP contribution in [0.5, 0.6) is 5.75 Å². The molecule has 2 N–H and O–H groups in total. The predicted molar refractivity (Wildman–Crippen MR) is 116 cm³/mol. The fourth-order valence-corrected chi connectivity index (χ4v) is 3.18. The fraction of sp³-hybridized carbons (Fsp3) is 0.682. The molecule has 0 bridgehead atoms. The van der Waals surface area contributed by atoms with E-state index in [9.17, 15) is 0 Å². The van der Waals surface area contributed by atoms with Crippen LogP contribution in [0.1, 0.15) is 44.2 Å². The van der Waals surface area contributed by atoms with E-state index in [1.807, 2.05) is 0 Å². The lowest BCUT2D eigenvalue weighted by molar-refractivity contribution is 0.0676. The Labute approximate surface area is 170 Å². The Hall–Kier alpha value is -1.79. The van der Waals surface area contributed by atoms with Crippen molar-refractivity contribution in [3.05, 3.63) is 29.3 Å². The predicted octanol–water partition coefficient (Wildman–Crippen LogP) is 2.95. The summed E-state index contributed by atoms with van der Waals surface area (Å²) in [6.07, 6.45) is 3.59. The lowest BCUT2D eigenvalue weighted by Gasteiger charge is -2.24. The van der Waals surface area contributed by atoms with Crippen molar-refractivity contribution >= 4 is 5.96 Å². The Balaban J connectivity index is 1.84. The second kappa shape index (κ2) is 11.9. The molecule has 0 aliphatic carbocycles. The minimum Gasteiger partial charge on any atom is -0.491 e. The molecule has 1 fully saturated rings. The van der Waals surface area contributed by atoms with Crippen LogP contribution in [0.25, 0.3) is 0 Å². The second-order valence-electron chi connectivity index (χ2n) is 7.65. The first-order chi connectivity index (χ1) is 13.5. The molecular weight excluding hydrogens is 352 g/mol. The zero-order valence-electron chi connectivity index (χ0n) is 18.3. The van der Waals surface area contributed by atoms with Gasteiger partial charge in [0, 0.05) is 44.9 Å². The fourth-order valence-electron chi connectivity index (χ4n) is 3.18. The van der Waals surface area contributed by atoms with Crippen LogP contribution in [0.2, 0.25) is 0 Å². The lowest BCUT2D eigenvalue weighted by atomic mass is 10.1. The van der Waals surface area contributed by atoms with E-state index in [0.29, 0.717) is 19.2 Å². The van der Waals surface area contributed by atoms with Gasteiger partial charge < -0.3 is 25.0 Å². The van der Waals surface area contributed by atoms with E-state index in [1.165, 1.54) is 5.56 Å². The number of ether oxygens (including phenoxy) is 2. The van der Waals surface area contributed by atoms with Crippen LogP contribution in [-0.4, -0.2) is 63.4 Å². The van der Waals surface area contributed by atoms with Gasteiger partial charge in [0.1, 0.15) is 12.4 Å². The van der Waals surface area contributed by atoms with Crippen LogP contribution < -0.4 is 15.4 Å². The summed E-state index contributed by atoms with van der Waals surface area (Å²) in [5.74, 6) is 1.73. The van der Waals surface area contributed by atoms with Crippen LogP contribution in [0.3, 0.4) is 0 Å². The first-order valence-electron chi connectivity index (χ1n) is 10.5. The number of nitrogens with one attached hydrogen (secondary N) is 2. The molecule has 0 aromatic heterocycles. The molecule has 2 rings (SSSR count). The normalized spacial score (nSPS) is 18.4. The third kappa shape index (κ3) is 7.32. The molecule has 1 aromatic rings. The van der Waals surface area contributed by atoms with Gasteiger partial charge in [-0.3, -0.25) is 4.99 Å². The second-order valence-corrected chi connectivity index (χ2v) is 7.65. The highest BCUT2D eigenvalue weighted by Crippen LogP contribution is 2.22. The Morgan fingerprint density at radius 2 is 2.21 bits per heavy atom. The number of guanidine groups is 1. The van der Waals surface area contributed by atoms with Gasteiger partial charge in [-0.2, -0.15) is 0 Å². The van der Waals surface area contributed by atoms with Crippen molar-refractivity contribution in [1.82, 2.24) is 15.5 Å². The van der Waals surface area contributed by atoms with Crippen LogP contribution in [-0.2, 0) is 11.3 Å². The van der Waals surface area contributed by atoms with E-state index in [4.69, 9.17) is 9.47 Å². The largest absolute Gasteiger partial charge is 0.491 e. The Morgan fingerprint density at radius 3 is 2.89 bits per heavy atom. The summed E-state index contributed by atoms with van der Waals surface area (Å²) in [4.78, 5) is 6.69. The van der Waals surface area contributed by atoms with Gasteiger partial charge in [-0.25, -0.2) is 0 Å². The maximum atomic E-state index is 6.09. The van der Waals surface area contributed by atoms with Crippen molar-refractivity contribution in [2.75, 3.05) is 40.4 Å². The smallest absolute Gasteiger partial charge is 0.191 e. The molecule has 0 radical (unpaired) electrons. The Kier molecular flexibility index (Phi) is 9.58. The third-order valence-corrected chi connectivity index (χ3v) is 5.44. The third-order valence-electron chi connectivity index (χ3n) is 5.44. The van der Waals surface area contributed by atoms with Gasteiger partial charge in [0.25, 0.3) is 0 Å².